The molecule has 1 aliphatic rings. The highest BCUT2D eigenvalue weighted by atomic mass is 32.3. The largest absolute Gasteiger partial charge is 0.726 e. The molecule has 0 bridgehead atoms. The van der Waals surface area contributed by atoms with Crippen LogP contribution in [0.15, 0.2) is 0 Å². The molecule has 0 aromatic rings. The van der Waals surface area contributed by atoms with Crippen LogP contribution < -0.4 is 5.32 Å². The van der Waals surface area contributed by atoms with Gasteiger partial charge < -0.3 is 9.87 Å². The van der Waals surface area contributed by atoms with Gasteiger partial charge in [-0.15, -0.1) is 0 Å². The van der Waals surface area contributed by atoms with Crippen LogP contribution >= 0.6 is 0 Å². The third-order valence-electron chi connectivity index (χ3n) is 1.25. The summed E-state index contributed by atoms with van der Waals surface area (Å²) in [5.74, 6) is 0. The Morgan fingerprint density at radius 2 is 1.77 bits per heavy atom. The monoisotopic (exact) mass is 210 g/mol. The van der Waals surface area contributed by atoms with E-state index in [2.05, 4.69) is 5.32 Å². The van der Waals surface area contributed by atoms with Crippen molar-refractivity contribution in [3.63, 3.8) is 0 Å². The second kappa shape index (κ2) is 5.79. The summed E-state index contributed by atoms with van der Waals surface area (Å²) in [6, 6.07) is 0. The van der Waals surface area contributed by atoms with Crippen molar-refractivity contribution in [2.75, 3.05) is 26.2 Å². The predicted octanol–water partition coefficient (Wildman–Crippen LogP) is -2.06. The minimum atomic E-state index is -4.92. The van der Waals surface area contributed by atoms with Crippen molar-refractivity contribution in [1.29, 1.82) is 0 Å². The topological polar surface area (TPSA) is 110 Å². The summed E-state index contributed by atoms with van der Waals surface area (Å²) in [7, 11) is -4.92. The second-order valence-corrected chi connectivity index (χ2v) is 3.11. The molecule has 8 heteroatoms. The fourth-order valence-electron chi connectivity index (χ4n) is 0.756. The first-order valence-corrected chi connectivity index (χ1v) is 4.82. The molecule has 1 aliphatic heterocycles. The van der Waals surface area contributed by atoms with E-state index in [9.17, 15) is 4.79 Å². The van der Waals surface area contributed by atoms with Crippen LogP contribution in [0.2, 0.25) is 0 Å². The quantitative estimate of drug-likeness (QED) is 0.206. The summed E-state index contributed by atoms with van der Waals surface area (Å²) >= 11 is 0. The Kier molecular flexibility index (Phi) is 5.44. The predicted molar refractivity (Wildman–Crippen MR) is 40.9 cm³/mol. The number of carbonyl (C=O) groups excluding carboxylic acids is 1. The van der Waals surface area contributed by atoms with Gasteiger partial charge in [0.1, 0.15) is 0 Å². The van der Waals surface area contributed by atoms with Gasteiger partial charge in [0.05, 0.1) is 13.1 Å². The first-order chi connectivity index (χ1) is 5.93. The molecule has 0 aromatic heterocycles. The van der Waals surface area contributed by atoms with Gasteiger partial charge in [0.25, 0.3) is 0 Å². The van der Waals surface area contributed by atoms with Crippen LogP contribution in [-0.2, 0) is 15.2 Å². The minimum absolute atomic E-state index is 0.809. The average molecular weight is 210 g/mol. The molecule has 0 atom stereocenters. The maximum Gasteiger partial charge on any atom is 0.424 e. The van der Waals surface area contributed by atoms with Gasteiger partial charge in [0.15, 0.2) is 13.1 Å². The average Bonchev–Trinajstić information content (AvgIpc) is 2.03. The van der Waals surface area contributed by atoms with Crippen molar-refractivity contribution in [3.8, 4) is 0 Å². The highest BCUT2D eigenvalue weighted by Crippen LogP contribution is 1.77. The summed E-state index contributed by atoms with van der Waals surface area (Å²) in [4.78, 5) is 9.93. The van der Waals surface area contributed by atoms with Gasteiger partial charge in [0, 0.05) is 0 Å². The molecule has 1 rings (SSSR count). The lowest BCUT2D eigenvalue weighted by Gasteiger charge is -2.05. The first kappa shape index (κ1) is 12.2. The van der Waals surface area contributed by atoms with Gasteiger partial charge in [-0.05, 0) is 0 Å². The molecule has 0 aromatic carbocycles. The number of rotatable bonds is 0. The van der Waals surface area contributed by atoms with Crippen LogP contribution in [0.5, 0.6) is 0 Å². The standard InChI is InChI=1S/C5H9N2O.H2O4S/c8-5-7-3-1-6-2-4-7;1-5(2,3)4/h6H,1-4H2;(H2,1,2,3,4)/q+1;/p-1. The molecule has 1 fully saturated rings. The van der Waals surface area contributed by atoms with Crippen molar-refractivity contribution in [3.05, 3.63) is 0 Å². The Hall–Kier alpha value is -0.790. The molecule has 0 aliphatic carbocycles. The Morgan fingerprint density at radius 3 is 2.00 bits per heavy atom. The van der Waals surface area contributed by atoms with Crippen molar-refractivity contribution in [2.24, 2.45) is 0 Å². The van der Waals surface area contributed by atoms with Crippen LogP contribution in [0, 0.1) is 0 Å². The summed E-state index contributed by atoms with van der Waals surface area (Å²) < 4.78 is 34.5. The number of hydrogen-bond acceptors (Lipinski definition) is 5. The van der Waals surface area contributed by atoms with E-state index >= 15 is 0 Å². The first-order valence-electron chi connectivity index (χ1n) is 3.45. The molecule has 0 saturated carbocycles. The molecule has 2 N–H and O–H groups in total. The number of hydrogen-bond donors (Lipinski definition) is 2. The van der Waals surface area contributed by atoms with Gasteiger partial charge >= 0.3 is 6.08 Å². The maximum absolute atomic E-state index is 9.93. The number of piperazine rings is 1. The Bertz CT molecular complexity index is 276. The lowest BCUT2D eigenvalue weighted by molar-refractivity contribution is -0.529. The van der Waals surface area contributed by atoms with Crippen LogP contribution in [-0.4, -0.2) is 54.4 Å². The molecule has 7 nitrogen and oxygen atoms in total. The third kappa shape index (κ3) is 11.2. The van der Waals surface area contributed by atoms with Gasteiger partial charge in [-0.25, -0.2) is 8.42 Å². The molecule has 0 amide bonds. The van der Waals surface area contributed by atoms with Crippen molar-refractivity contribution in [2.45, 2.75) is 0 Å². The summed E-state index contributed by atoms with van der Waals surface area (Å²) in [6.45, 7) is 3.44. The highest BCUT2D eigenvalue weighted by Gasteiger charge is 2.08. The lowest BCUT2D eigenvalue weighted by Crippen LogP contribution is -2.37. The molecule has 1 saturated heterocycles. The summed E-state index contributed by atoms with van der Waals surface area (Å²) in [5, 5.41) is 3.13. The zero-order chi connectivity index (χ0) is 10.3. The Morgan fingerprint density at radius 1 is 1.38 bits per heavy atom. The summed E-state index contributed by atoms with van der Waals surface area (Å²) in [6.07, 6.45) is 1.85. The van der Waals surface area contributed by atoms with E-state index in [4.69, 9.17) is 17.5 Å². The molecule has 13 heavy (non-hydrogen) atoms. The Balaban J connectivity index is 0.000000252. The normalized spacial score (nSPS) is 16.9. The van der Waals surface area contributed by atoms with E-state index < -0.39 is 10.4 Å². The Labute approximate surface area is 75.6 Å². The van der Waals surface area contributed by atoms with Gasteiger partial charge in [-0.3, -0.25) is 4.55 Å². The van der Waals surface area contributed by atoms with E-state index in [0.29, 0.717) is 0 Å². The maximum atomic E-state index is 9.93. The van der Waals surface area contributed by atoms with E-state index in [1.807, 2.05) is 6.08 Å². The molecular weight excluding hydrogens is 200 g/mol. The molecule has 0 unspecified atom stereocenters. The van der Waals surface area contributed by atoms with E-state index in [0.717, 1.165) is 26.2 Å². The number of isocyanates is 1. The highest BCUT2D eigenvalue weighted by molar-refractivity contribution is 7.79. The van der Waals surface area contributed by atoms with Gasteiger partial charge in [0.2, 0.25) is 10.4 Å². The number of nitrogens with zero attached hydrogens (tertiary/aromatic N) is 1. The van der Waals surface area contributed by atoms with Crippen LogP contribution in [0.1, 0.15) is 0 Å². The summed E-state index contributed by atoms with van der Waals surface area (Å²) in [5.41, 5.74) is 0. The molecule has 0 spiro atoms. The zero-order valence-corrected chi connectivity index (χ0v) is 7.58. The van der Waals surface area contributed by atoms with E-state index in [-0.39, 0.29) is 0 Å². The fraction of sp³-hybridized carbons (Fsp3) is 0.800. The van der Waals surface area contributed by atoms with Crippen molar-refractivity contribution in [1.82, 2.24) is 5.32 Å². The van der Waals surface area contributed by atoms with Crippen LogP contribution in [0.3, 0.4) is 0 Å². The van der Waals surface area contributed by atoms with E-state index in [1.165, 1.54) is 0 Å². The van der Waals surface area contributed by atoms with Crippen molar-refractivity contribution < 1.29 is 26.9 Å². The van der Waals surface area contributed by atoms with E-state index in [1.54, 1.807) is 4.58 Å². The lowest BCUT2D eigenvalue weighted by atomic mass is 10.4. The zero-order valence-electron chi connectivity index (χ0n) is 6.76. The van der Waals surface area contributed by atoms with Crippen LogP contribution in [0.25, 0.3) is 0 Å². The van der Waals surface area contributed by atoms with Crippen molar-refractivity contribution >= 4 is 16.5 Å². The molecule has 0 radical (unpaired) electrons. The molecule has 76 valence electrons. The molecule has 1 heterocycles. The molecular formula is C5H10N2O5S. The third-order valence-corrected chi connectivity index (χ3v) is 1.25. The number of nitrogens with one attached hydrogen (secondary N) is 1. The van der Waals surface area contributed by atoms with Gasteiger partial charge in [-0.1, -0.05) is 0 Å². The SMILES string of the molecule is O=C=[N+]1CCNCC1.O=S(=O)([O-])O. The van der Waals surface area contributed by atoms with Crippen LogP contribution in [0.4, 0.5) is 0 Å². The fourth-order valence-corrected chi connectivity index (χ4v) is 0.756. The second-order valence-electron chi connectivity index (χ2n) is 2.26. The minimum Gasteiger partial charge on any atom is -0.726 e. The van der Waals surface area contributed by atoms with Gasteiger partial charge in [-0.2, -0.15) is 9.37 Å². The smallest absolute Gasteiger partial charge is 0.424 e.